The van der Waals surface area contributed by atoms with Crippen LogP contribution in [-0.2, 0) is 10.0 Å². The summed E-state index contributed by atoms with van der Waals surface area (Å²) in [6, 6.07) is 13.4. The minimum Gasteiger partial charge on any atom is -0.199 e. The van der Waals surface area contributed by atoms with Crippen LogP contribution in [0.3, 0.4) is 0 Å². The summed E-state index contributed by atoms with van der Waals surface area (Å²) in [5.41, 5.74) is 0.128. The predicted octanol–water partition coefficient (Wildman–Crippen LogP) is 3.22. The van der Waals surface area contributed by atoms with E-state index in [-0.39, 0.29) is 10.6 Å². The van der Waals surface area contributed by atoms with Crippen LogP contribution in [0.15, 0.2) is 64.8 Å². The minimum absolute atomic E-state index is 0.00968. The van der Waals surface area contributed by atoms with Crippen molar-refractivity contribution in [2.45, 2.75) is 4.90 Å². The maximum atomic E-state index is 12.2. The third-order valence-electron chi connectivity index (χ3n) is 2.39. The molecule has 5 nitrogen and oxygen atoms in total. The van der Waals surface area contributed by atoms with Crippen molar-refractivity contribution in [2.24, 2.45) is 5.29 Å². The summed E-state index contributed by atoms with van der Waals surface area (Å²) in [5.74, 6) is 0. The van der Waals surface area contributed by atoms with E-state index in [0.29, 0.717) is 9.44 Å². The van der Waals surface area contributed by atoms with Gasteiger partial charge in [0.15, 0.2) is 0 Å². The van der Waals surface area contributed by atoms with Gasteiger partial charge in [0, 0.05) is 5.02 Å². The fourth-order valence-corrected chi connectivity index (χ4v) is 2.80. The molecule has 0 aliphatic rings. The molecule has 98 valence electrons. The summed E-state index contributed by atoms with van der Waals surface area (Å²) < 4.78 is 24.9. The number of hydrogen-bond donors (Lipinski definition) is 0. The van der Waals surface area contributed by atoms with E-state index in [4.69, 9.17) is 11.6 Å². The van der Waals surface area contributed by atoms with Gasteiger partial charge >= 0.3 is 0 Å². The summed E-state index contributed by atoms with van der Waals surface area (Å²) in [6.45, 7) is 0. The van der Waals surface area contributed by atoms with Crippen LogP contribution in [0, 0.1) is 4.91 Å². The molecule has 0 aliphatic carbocycles. The molecule has 0 fully saturated rings. The van der Waals surface area contributed by atoms with Crippen molar-refractivity contribution < 1.29 is 8.42 Å². The van der Waals surface area contributed by atoms with Crippen LogP contribution in [0.4, 0.5) is 5.69 Å². The van der Waals surface area contributed by atoms with Crippen LogP contribution in [0.5, 0.6) is 0 Å². The lowest BCUT2D eigenvalue weighted by Gasteiger charge is -2.15. The van der Waals surface area contributed by atoms with Gasteiger partial charge in [0.05, 0.1) is 15.9 Å². The van der Waals surface area contributed by atoms with Gasteiger partial charge in [0.2, 0.25) is 0 Å². The van der Waals surface area contributed by atoms with E-state index in [2.05, 4.69) is 5.29 Å². The number of rotatable bonds is 4. The van der Waals surface area contributed by atoms with E-state index in [9.17, 15) is 13.3 Å². The van der Waals surface area contributed by atoms with Crippen molar-refractivity contribution >= 4 is 27.3 Å². The highest BCUT2D eigenvalue weighted by molar-refractivity contribution is 7.92. The minimum atomic E-state index is -4.01. The number of anilines is 1. The first-order valence-corrected chi connectivity index (χ1v) is 7.07. The quantitative estimate of drug-likeness (QED) is 0.642. The van der Waals surface area contributed by atoms with E-state index in [1.165, 1.54) is 36.4 Å². The number of halogens is 1. The first-order valence-electron chi connectivity index (χ1n) is 5.25. The fraction of sp³-hybridized carbons (Fsp3) is 0. The van der Waals surface area contributed by atoms with Crippen LogP contribution in [0.1, 0.15) is 0 Å². The van der Waals surface area contributed by atoms with E-state index in [0.717, 1.165) is 0 Å². The van der Waals surface area contributed by atoms with Crippen molar-refractivity contribution in [3.63, 3.8) is 0 Å². The van der Waals surface area contributed by atoms with Crippen LogP contribution in [-0.4, -0.2) is 8.42 Å². The molecule has 0 aromatic heterocycles. The highest BCUT2D eigenvalue weighted by Gasteiger charge is 2.25. The van der Waals surface area contributed by atoms with E-state index >= 15 is 0 Å². The summed E-state index contributed by atoms with van der Waals surface area (Å²) >= 11 is 5.71. The number of nitrogens with zero attached hydrogens (tertiary/aromatic N) is 2. The molecular formula is C12H9ClN2O3S. The molecule has 0 bridgehead atoms. The van der Waals surface area contributed by atoms with E-state index in [1.54, 1.807) is 18.2 Å². The van der Waals surface area contributed by atoms with E-state index < -0.39 is 10.0 Å². The molecule has 0 unspecified atom stereocenters. The molecule has 0 radical (unpaired) electrons. The van der Waals surface area contributed by atoms with Gasteiger partial charge in [-0.05, 0) is 36.4 Å². The lowest BCUT2D eigenvalue weighted by molar-refractivity contribution is 0.592. The fourth-order valence-electron chi connectivity index (χ4n) is 1.49. The molecule has 0 amide bonds. The monoisotopic (exact) mass is 296 g/mol. The van der Waals surface area contributed by atoms with Crippen molar-refractivity contribution in [1.82, 2.24) is 0 Å². The molecular weight excluding hydrogens is 288 g/mol. The lowest BCUT2D eigenvalue weighted by Crippen LogP contribution is -2.25. The second kappa shape index (κ2) is 5.38. The van der Waals surface area contributed by atoms with Gasteiger partial charge in [-0.25, -0.2) is 0 Å². The number of hydrogen-bond acceptors (Lipinski definition) is 4. The molecule has 19 heavy (non-hydrogen) atoms. The van der Waals surface area contributed by atoms with Crippen molar-refractivity contribution in [3.05, 3.63) is 64.5 Å². The zero-order chi connectivity index (χ0) is 13.9. The summed E-state index contributed by atoms with van der Waals surface area (Å²) in [6.07, 6.45) is 0. The lowest BCUT2D eigenvalue weighted by atomic mass is 10.3. The Hall–Kier alpha value is -1.92. The number of benzene rings is 2. The number of sulfonamides is 1. The highest BCUT2D eigenvalue weighted by atomic mass is 35.5. The van der Waals surface area contributed by atoms with Gasteiger partial charge in [-0.1, -0.05) is 29.8 Å². The normalized spacial score (nSPS) is 11.0. The molecule has 2 aromatic carbocycles. The Kier molecular flexibility index (Phi) is 3.82. The van der Waals surface area contributed by atoms with Gasteiger partial charge in [0.1, 0.15) is 0 Å². The average Bonchev–Trinajstić information content (AvgIpc) is 2.42. The van der Waals surface area contributed by atoms with Crippen molar-refractivity contribution in [3.8, 4) is 0 Å². The predicted molar refractivity (Wildman–Crippen MR) is 73.4 cm³/mol. The molecule has 0 saturated carbocycles. The third-order valence-corrected chi connectivity index (χ3v) is 4.24. The molecule has 0 N–H and O–H groups in total. The Morgan fingerprint density at radius 3 is 2.05 bits per heavy atom. The van der Waals surface area contributed by atoms with Crippen molar-refractivity contribution in [1.29, 1.82) is 0 Å². The average molecular weight is 297 g/mol. The van der Waals surface area contributed by atoms with Crippen molar-refractivity contribution in [2.75, 3.05) is 4.41 Å². The van der Waals surface area contributed by atoms with Crippen LogP contribution in [0.2, 0.25) is 5.02 Å². The van der Waals surface area contributed by atoms with Gasteiger partial charge < -0.3 is 0 Å². The SMILES string of the molecule is O=NN(c1ccc(Cl)cc1)S(=O)(=O)c1ccccc1. The largest absolute Gasteiger partial charge is 0.286 e. The second-order valence-corrected chi connectivity index (χ2v) is 5.82. The first-order chi connectivity index (χ1) is 9.05. The van der Waals surface area contributed by atoms with Gasteiger partial charge in [-0.3, -0.25) is 0 Å². The van der Waals surface area contributed by atoms with Crippen LogP contribution < -0.4 is 4.41 Å². The molecule has 7 heteroatoms. The van der Waals surface area contributed by atoms with E-state index in [1.807, 2.05) is 0 Å². The summed E-state index contributed by atoms with van der Waals surface area (Å²) in [5, 5.41) is 3.03. The molecule has 2 aromatic rings. The first kappa shape index (κ1) is 13.5. The molecule has 0 spiro atoms. The maximum Gasteiger partial charge on any atom is 0.286 e. The topological polar surface area (TPSA) is 66.8 Å². The molecule has 0 aliphatic heterocycles. The van der Waals surface area contributed by atoms with Crippen LogP contribution >= 0.6 is 11.6 Å². The highest BCUT2D eigenvalue weighted by Crippen LogP contribution is 2.25. The summed E-state index contributed by atoms with van der Waals surface area (Å²) in [7, 11) is -4.01. The standard InChI is InChI=1S/C12H9ClN2O3S/c13-10-6-8-11(9-7-10)15(14-16)19(17,18)12-4-2-1-3-5-12/h1-9H. The Balaban J connectivity index is 2.48. The van der Waals surface area contributed by atoms with Crippen LogP contribution in [0.25, 0.3) is 0 Å². The molecule has 0 heterocycles. The molecule has 0 atom stereocenters. The molecule has 0 saturated heterocycles. The van der Waals surface area contributed by atoms with Gasteiger partial charge in [0.25, 0.3) is 10.0 Å². The van der Waals surface area contributed by atoms with Gasteiger partial charge in [-0.2, -0.15) is 8.42 Å². The summed E-state index contributed by atoms with van der Waals surface area (Å²) in [4.78, 5) is 10.9. The third kappa shape index (κ3) is 2.74. The molecule has 2 rings (SSSR count). The zero-order valence-corrected chi connectivity index (χ0v) is 11.2. The maximum absolute atomic E-state index is 12.2. The Morgan fingerprint density at radius 2 is 1.53 bits per heavy atom. The zero-order valence-electron chi connectivity index (χ0n) is 9.60. The second-order valence-electron chi connectivity index (χ2n) is 3.62. The van der Waals surface area contributed by atoms with Gasteiger partial charge in [-0.15, -0.1) is 9.32 Å². The smallest absolute Gasteiger partial charge is 0.199 e. The Morgan fingerprint density at radius 1 is 0.947 bits per heavy atom. The Bertz CT molecular complexity index is 672. The Labute approximate surface area is 115 Å². The number of nitroso groups, excluding NO2 is 1.